The van der Waals surface area contributed by atoms with E-state index in [0.717, 1.165) is 12.8 Å². The molecule has 0 bridgehead atoms. The zero-order valence-electron chi connectivity index (χ0n) is 6.10. The molecule has 0 unspecified atom stereocenters. The first kappa shape index (κ1) is 7.34. The average molecular weight is 136 g/mol. The maximum atomic E-state index is 11.1. The number of carbonyl (C=O) groups is 1. The second-order valence-corrected chi connectivity index (χ2v) is 2.83. The van der Waals surface area contributed by atoms with E-state index in [4.69, 9.17) is 6.42 Å². The van der Waals surface area contributed by atoms with Crippen LogP contribution in [0.3, 0.4) is 0 Å². The highest BCUT2D eigenvalue weighted by Gasteiger charge is 2.20. The van der Waals surface area contributed by atoms with Crippen LogP contribution in [0.4, 0.5) is 0 Å². The Labute approximate surface area is 61.8 Å². The number of hydrogen-bond acceptors (Lipinski definition) is 1. The quantitative estimate of drug-likeness (QED) is 0.529. The van der Waals surface area contributed by atoms with E-state index in [-0.39, 0.29) is 5.78 Å². The zero-order valence-corrected chi connectivity index (χ0v) is 6.10. The van der Waals surface area contributed by atoms with Gasteiger partial charge < -0.3 is 0 Å². The van der Waals surface area contributed by atoms with E-state index in [2.05, 4.69) is 5.92 Å². The Morgan fingerprint density at radius 1 is 1.50 bits per heavy atom. The predicted octanol–water partition coefficient (Wildman–Crippen LogP) is 1.77. The molecule has 0 radical (unpaired) electrons. The van der Waals surface area contributed by atoms with Gasteiger partial charge in [0.25, 0.3) is 0 Å². The molecular formula is C9H12O. The molecule has 0 saturated heterocycles. The maximum absolute atomic E-state index is 11.1. The summed E-state index contributed by atoms with van der Waals surface area (Å²) in [7, 11) is 0. The van der Waals surface area contributed by atoms with E-state index in [9.17, 15) is 4.79 Å². The Bertz CT molecular complexity index is 158. The lowest BCUT2D eigenvalue weighted by Gasteiger charge is -2.02. The van der Waals surface area contributed by atoms with Crippen molar-refractivity contribution in [2.45, 2.75) is 32.1 Å². The van der Waals surface area contributed by atoms with Gasteiger partial charge in [0.05, 0.1) is 6.42 Å². The number of terminal acetylenes is 1. The second kappa shape index (κ2) is 3.41. The van der Waals surface area contributed by atoms with Gasteiger partial charge in [-0.15, -0.1) is 6.42 Å². The minimum atomic E-state index is 0.278. The highest BCUT2D eigenvalue weighted by Crippen LogP contribution is 2.25. The van der Waals surface area contributed by atoms with Crippen molar-refractivity contribution in [3.63, 3.8) is 0 Å². The standard InChI is InChI=1S/C9H12O/c1-2-5-9(10)8-6-3-4-7-8/h1,8H,3-7H2. The van der Waals surface area contributed by atoms with E-state index in [1.54, 1.807) is 0 Å². The molecule has 1 aliphatic carbocycles. The lowest BCUT2D eigenvalue weighted by atomic mass is 10.0. The van der Waals surface area contributed by atoms with Crippen molar-refractivity contribution in [3.05, 3.63) is 0 Å². The summed E-state index contributed by atoms with van der Waals surface area (Å²) in [5.41, 5.74) is 0. The molecule has 0 atom stereocenters. The Hall–Kier alpha value is -0.770. The Morgan fingerprint density at radius 3 is 2.60 bits per heavy atom. The summed E-state index contributed by atoms with van der Waals surface area (Å²) in [5, 5.41) is 0. The van der Waals surface area contributed by atoms with Crippen molar-refractivity contribution >= 4 is 5.78 Å². The van der Waals surface area contributed by atoms with Crippen LogP contribution in [0.1, 0.15) is 32.1 Å². The van der Waals surface area contributed by atoms with E-state index < -0.39 is 0 Å². The molecule has 0 aromatic rings. The fourth-order valence-electron chi connectivity index (χ4n) is 1.49. The number of Topliss-reactive ketones (excluding diaryl/α,β-unsaturated/α-hetero) is 1. The van der Waals surface area contributed by atoms with Crippen molar-refractivity contribution in [2.24, 2.45) is 5.92 Å². The van der Waals surface area contributed by atoms with Crippen LogP contribution < -0.4 is 0 Å². The molecule has 0 heterocycles. The smallest absolute Gasteiger partial charge is 0.147 e. The molecule has 1 nitrogen and oxygen atoms in total. The van der Waals surface area contributed by atoms with Crippen LogP contribution in [0, 0.1) is 18.3 Å². The normalized spacial score (nSPS) is 18.7. The van der Waals surface area contributed by atoms with Crippen molar-refractivity contribution in [3.8, 4) is 12.3 Å². The predicted molar refractivity (Wildman–Crippen MR) is 40.4 cm³/mol. The van der Waals surface area contributed by atoms with Gasteiger partial charge in [0, 0.05) is 5.92 Å². The largest absolute Gasteiger partial charge is 0.298 e. The van der Waals surface area contributed by atoms with Crippen molar-refractivity contribution < 1.29 is 4.79 Å². The average Bonchev–Trinajstić information content (AvgIpc) is 2.38. The molecule has 0 spiro atoms. The Kier molecular flexibility index (Phi) is 2.50. The molecule has 0 aromatic carbocycles. The van der Waals surface area contributed by atoms with Gasteiger partial charge in [0.15, 0.2) is 0 Å². The van der Waals surface area contributed by atoms with Gasteiger partial charge in [-0.25, -0.2) is 0 Å². The second-order valence-electron chi connectivity index (χ2n) is 2.83. The molecule has 1 heteroatoms. The van der Waals surface area contributed by atoms with E-state index in [0.29, 0.717) is 12.3 Å². The highest BCUT2D eigenvalue weighted by atomic mass is 16.1. The van der Waals surface area contributed by atoms with Crippen LogP contribution in [0.2, 0.25) is 0 Å². The molecule has 0 N–H and O–H groups in total. The summed E-state index contributed by atoms with van der Waals surface area (Å²) in [5.74, 6) is 2.97. The summed E-state index contributed by atoms with van der Waals surface area (Å²) in [6.45, 7) is 0. The van der Waals surface area contributed by atoms with Crippen LogP contribution in [0.15, 0.2) is 0 Å². The third kappa shape index (κ3) is 1.60. The minimum Gasteiger partial charge on any atom is -0.298 e. The van der Waals surface area contributed by atoms with Gasteiger partial charge >= 0.3 is 0 Å². The van der Waals surface area contributed by atoms with E-state index in [1.165, 1.54) is 12.8 Å². The van der Waals surface area contributed by atoms with Gasteiger partial charge in [0.2, 0.25) is 0 Å². The van der Waals surface area contributed by atoms with Crippen molar-refractivity contribution in [2.75, 3.05) is 0 Å². The topological polar surface area (TPSA) is 17.1 Å². The van der Waals surface area contributed by atoms with Gasteiger partial charge in [-0.05, 0) is 12.8 Å². The van der Waals surface area contributed by atoms with Gasteiger partial charge in [0.1, 0.15) is 5.78 Å². The Balaban J connectivity index is 2.34. The van der Waals surface area contributed by atoms with Crippen molar-refractivity contribution in [1.29, 1.82) is 0 Å². The number of hydrogen-bond donors (Lipinski definition) is 0. The monoisotopic (exact) mass is 136 g/mol. The van der Waals surface area contributed by atoms with Crippen LogP contribution in [0.25, 0.3) is 0 Å². The van der Waals surface area contributed by atoms with Crippen LogP contribution in [-0.2, 0) is 4.79 Å². The third-order valence-corrected chi connectivity index (χ3v) is 2.09. The summed E-state index contributed by atoms with van der Waals surface area (Å²) in [4.78, 5) is 11.1. The summed E-state index contributed by atoms with van der Waals surface area (Å²) < 4.78 is 0. The lowest BCUT2D eigenvalue weighted by Crippen LogP contribution is -2.08. The Morgan fingerprint density at radius 2 is 2.10 bits per heavy atom. The SMILES string of the molecule is C#CCC(=O)C1CCCC1. The first-order chi connectivity index (χ1) is 4.84. The maximum Gasteiger partial charge on any atom is 0.147 e. The van der Waals surface area contributed by atoms with Crippen molar-refractivity contribution in [1.82, 2.24) is 0 Å². The molecule has 1 fully saturated rings. The highest BCUT2D eigenvalue weighted by molar-refractivity contribution is 5.83. The van der Waals surface area contributed by atoms with Crippen LogP contribution >= 0.6 is 0 Å². The first-order valence-electron chi connectivity index (χ1n) is 3.81. The first-order valence-corrected chi connectivity index (χ1v) is 3.81. The summed E-state index contributed by atoms with van der Waals surface area (Å²) in [6, 6.07) is 0. The fraction of sp³-hybridized carbons (Fsp3) is 0.667. The molecular weight excluding hydrogens is 124 g/mol. The molecule has 1 aliphatic rings. The van der Waals surface area contributed by atoms with Crippen LogP contribution in [0.5, 0.6) is 0 Å². The zero-order chi connectivity index (χ0) is 7.40. The number of ketones is 1. The van der Waals surface area contributed by atoms with Crippen LogP contribution in [-0.4, -0.2) is 5.78 Å². The van der Waals surface area contributed by atoms with E-state index in [1.807, 2.05) is 0 Å². The molecule has 1 saturated carbocycles. The molecule has 1 rings (SSSR count). The van der Waals surface area contributed by atoms with E-state index >= 15 is 0 Å². The van der Waals surface area contributed by atoms with Gasteiger partial charge in [-0.3, -0.25) is 4.79 Å². The van der Waals surface area contributed by atoms with Gasteiger partial charge in [-0.1, -0.05) is 18.8 Å². The molecule has 54 valence electrons. The fourth-order valence-corrected chi connectivity index (χ4v) is 1.49. The number of rotatable bonds is 2. The van der Waals surface area contributed by atoms with Gasteiger partial charge in [-0.2, -0.15) is 0 Å². The molecule has 0 aromatic heterocycles. The molecule has 0 aliphatic heterocycles. The molecule has 10 heavy (non-hydrogen) atoms. The molecule has 0 amide bonds. The minimum absolute atomic E-state index is 0.278. The third-order valence-electron chi connectivity index (χ3n) is 2.09. The number of carbonyl (C=O) groups excluding carboxylic acids is 1. The summed E-state index contributed by atoms with van der Waals surface area (Å²) >= 11 is 0. The summed E-state index contributed by atoms with van der Waals surface area (Å²) in [6.07, 6.45) is 9.92. The lowest BCUT2D eigenvalue weighted by molar-refractivity contribution is -0.121.